The molecule has 0 radical (unpaired) electrons. The van der Waals surface area contributed by atoms with Gasteiger partial charge in [0, 0.05) is 39.7 Å². The lowest BCUT2D eigenvalue weighted by atomic mass is 10.1. The highest BCUT2D eigenvalue weighted by atomic mass is 79.9. The summed E-state index contributed by atoms with van der Waals surface area (Å²) < 4.78 is 10.3. The van der Waals surface area contributed by atoms with Crippen molar-refractivity contribution in [2.45, 2.75) is 32.4 Å². The van der Waals surface area contributed by atoms with Crippen LogP contribution in [0, 0.1) is 0 Å². The lowest BCUT2D eigenvalue weighted by Crippen LogP contribution is -2.22. The Morgan fingerprint density at radius 2 is 1.93 bits per heavy atom. The highest BCUT2D eigenvalue weighted by Gasteiger charge is 2.15. The second-order valence-corrected chi connectivity index (χ2v) is 15.7. The fourth-order valence-electron chi connectivity index (χ4n) is 3.13. The molecule has 4 aromatic rings. The van der Waals surface area contributed by atoms with Crippen molar-refractivity contribution in [1.29, 1.82) is 0 Å². The van der Waals surface area contributed by atoms with Gasteiger partial charge in [0.1, 0.15) is 6.73 Å². The van der Waals surface area contributed by atoms with Crippen molar-refractivity contribution in [1.82, 2.24) is 9.78 Å². The summed E-state index contributed by atoms with van der Waals surface area (Å²) in [6.07, 6.45) is 1.93. The normalized spacial score (nSPS) is 12.3. The standard InChI is InChI=1S/C21H23BrN2OSSi/c1-27(2,3)9-8-25-14-24-21-16(13-23-24)10-17(22)12-18(21)20-11-15-6-4-5-7-19(15)26-20/h4-7,10-13H,8-9,14H2,1-3H3. The van der Waals surface area contributed by atoms with Gasteiger partial charge in [-0.25, -0.2) is 4.68 Å². The van der Waals surface area contributed by atoms with Gasteiger partial charge in [0.05, 0.1) is 11.7 Å². The largest absolute Gasteiger partial charge is 0.360 e. The van der Waals surface area contributed by atoms with E-state index in [2.05, 4.69) is 83.1 Å². The van der Waals surface area contributed by atoms with Crippen LogP contribution in [0.5, 0.6) is 0 Å². The number of aromatic nitrogens is 2. The van der Waals surface area contributed by atoms with Crippen LogP contribution >= 0.6 is 27.3 Å². The van der Waals surface area contributed by atoms with Crippen LogP contribution in [0.1, 0.15) is 0 Å². The molecule has 140 valence electrons. The predicted octanol–water partition coefficient (Wildman–Crippen LogP) is 6.99. The van der Waals surface area contributed by atoms with E-state index in [1.165, 1.54) is 26.6 Å². The van der Waals surface area contributed by atoms with Crippen molar-refractivity contribution in [3.05, 3.63) is 53.1 Å². The van der Waals surface area contributed by atoms with Crippen LogP contribution in [-0.4, -0.2) is 24.5 Å². The SMILES string of the molecule is C[Si](C)(C)CCOCn1ncc2cc(Br)cc(-c3cc4ccccc4s3)c21. The molecule has 3 nitrogen and oxygen atoms in total. The Hall–Kier alpha value is -1.47. The third-order valence-electron chi connectivity index (χ3n) is 4.60. The molecule has 0 N–H and O–H groups in total. The molecule has 0 atom stereocenters. The molecule has 2 aromatic heterocycles. The maximum Gasteiger partial charge on any atom is 0.140 e. The number of benzene rings is 2. The molecule has 0 fully saturated rings. The summed E-state index contributed by atoms with van der Waals surface area (Å²) in [5, 5.41) is 7.01. The van der Waals surface area contributed by atoms with Crippen LogP contribution in [0.15, 0.2) is 53.1 Å². The first-order valence-corrected chi connectivity index (χ1v) is 14.4. The molecule has 0 unspecified atom stereocenters. The van der Waals surface area contributed by atoms with E-state index in [-0.39, 0.29) is 0 Å². The van der Waals surface area contributed by atoms with Gasteiger partial charge in [0.15, 0.2) is 0 Å². The van der Waals surface area contributed by atoms with Crippen LogP contribution in [0.25, 0.3) is 31.4 Å². The molecule has 0 aliphatic carbocycles. The summed E-state index contributed by atoms with van der Waals surface area (Å²) >= 11 is 5.48. The molecular formula is C21H23BrN2OSSi. The molecule has 4 rings (SSSR count). The number of ether oxygens (including phenoxy) is 1. The fraction of sp³-hybridized carbons (Fsp3) is 0.286. The first-order chi connectivity index (χ1) is 12.9. The Labute approximate surface area is 173 Å². The van der Waals surface area contributed by atoms with Gasteiger partial charge in [-0.05, 0) is 35.7 Å². The zero-order chi connectivity index (χ0) is 19.0. The molecule has 0 saturated heterocycles. The molecule has 2 aromatic carbocycles. The molecule has 0 saturated carbocycles. The van der Waals surface area contributed by atoms with Crippen molar-refractivity contribution in [2.75, 3.05) is 6.61 Å². The van der Waals surface area contributed by atoms with Gasteiger partial charge in [-0.3, -0.25) is 0 Å². The minimum atomic E-state index is -1.08. The molecular weight excluding hydrogens is 436 g/mol. The second-order valence-electron chi connectivity index (χ2n) is 8.03. The number of hydrogen-bond acceptors (Lipinski definition) is 3. The van der Waals surface area contributed by atoms with Crippen LogP contribution in [-0.2, 0) is 11.5 Å². The average molecular weight is 459 g/mol. The van der Waals surface area contributed by atoms with E-state index < -0.39 is 8.07 Å². The zero-order valence-corrected chi connectivity index (χ0v) is 19.2. The highest BCUT2D eigenvalue weighted by Crippen LogP contribution is 2.38. The van der Waals surface area contributed by atoms with E-state index in [1.54, 1.807) is 0 Å². The van der Waals surface area contributed by atoms with E-state index >= 15 is 0 Å². The van der Waals surface area contributed by atoms with Gasteiger partial charge in [0.25, 0.3) is 0 Å². The van der Waals surface area contributed by atoms with Gasteiger partial charge in [-0.2, -0.15) is 5.10 Å². The van der Waals surface area contributed by atoms with Gasteiger partial charge in [-0.1, -0.05) is 53.8 Å². The smallest absolute Gasteiger partial charge is 0.140 e. The molecule has 0 amide bonds. The minimum Gasteiger partial charge on any atom is -0.360 e. The van der Waals surface area contributed by atoms with E-state index in [4.69, 9.17) is 4.74 Å². The van der Waals surface area contributed by atoms with Crippen molar-refractivity contribution in [3.8, 4) is 10.4 Å². The summed E-state index contributed by atoms with van der Waals surface area (Å²) in [4.78, 5) is 1.26. The molecule has 2 heterocycles. The third kappa shape index (κ3) is 4.19. The zero-order valence-electron chi connectivity index (χ0n) is 15.8. The molecule has 6 heteroatoms. The second kappa shape index (κ2) is 7.51. The maximum absolute atomic E-state index is 5.97. The Bertz CT molecular complexity index is 1060. The van der Waals surface area contributed by atoms with E-state index in [9.17, 15) is 0 Å². The quantitative estimate of drug-likeness (QED) is 0.229. The molecule has 0 aliphatic heterocycles. The first-order valence-electron chi connectivity index (χ1n) is 9.12. The molecule has 0 bridgehead atoms. The molecule has 0 spiro atoms. The summed E-state index contributed by atoms with van der Waals surface area (Å²) in [5.74, 6) is 0. The van der Waals surface area contributed by atoms with Crippen LogP contribution in [0.3, 0.4) is 0 Å². The summed E-state index contributed by atoms with van der Waals surface area (Å²) in [5.41, 5.74) is 2.34. The van der Waals surface area contributed by atoms with E-state index in [0.29, 0.717) is 6.73 Å². The number of nitrogens with zero attached hydrogens (tertiary/aromatic N) is 2. The lowest BCUT2D eigenvalue weighted by molar-refractivity contribution is 0.0817. The summed E-state index contributed by atoms with van der Waals surface area (Å²) in [6, 6.07) is 16.3. The van der Waals surface area contributed by atoms with E-state index in [0.717, 1.165) is 22.0 Å². The number of hydrogen-bond donors (Lipinski definition) is 0. The average Bonchev–Trinajstić information content (AvgIpc) is 3.21. The number of rotatable bonds is 6. The Morgan fingerprint density at radius 1 is 1.11 bits per heavy atom. The molecule has 27 heavy (non-hydrogen) atoms. The lowest BCUT2D eigenvalue weighted by Gasteiger charge is -2.15. The van der Waals surface area contributed by atoms with Gasteiger partial charge in [-0.15, -0.1) is 11.3 Å². The minimum absolute atomic E-state index is 0.494. The summed E-state index contributed by atoms with van der Waals surface area (Å²) in [7, 11) is -1.08. The topological polar surface area (TPSA) is 27.1 Å². The summed E-state index contributed by atoms with van der Waals surface area (Å²) in [6.45, 7) is 8.41. The Morgan fingerprint density at radius 3 is 2.70 bits per heavy atom. The van der Waals surface area contributed by atoms with Gasteiger partial charge in [0.2, 0.25) is 0 Å². The maximum atomic E-state index is 5.97. The van der Waals surface area contributed by atoms with Crippen LogP contribution < -0.4 is 0 Å². The van der Waals surface area contributed by atoms with Crippen molar-refractivity contribution >= 4 is 56.3 Å². The van der Waals surface area contributed by atoms with E-state index in [1.807, 2.05) is 22.2 Å². The highest BCUT2D eigenvalue weighted by molar-refractivity contribution is 9.10. The Balaban J connectivity index is 1.70. The van der Waals surface area contributed by atoms with Crippen molar-refractivity contribution in [2.24, 2.45) is 0 Å². The monoisotopic (exact) mass is 458 g/mol. The van der Waals surface area contributed by atoms with Crippen molar-refractivity contribution < 1.29 is 4.74 Å². The van der Waals surface area contributed by atoms with Gasteiger partial charge >= 0.3 is 0 Å². The van der Waals surface area contributed by atoms with Crippen LogP contribution in [0.2, 0.25) is 25.7 Å². The van der Waals surface area contributed by atoms with Crippen LogP contribution in [0.4, 0.5) is 0 Å². The number of thiophene rings is 1. The van der Waals surface area contributed by atoms with Gasteiger partial charge < -0.3 is 4.74 Å². The first kappa shape index (κ1) is 18.9. The molecule has 0 aliphatic rings. The number of halogens is 1. The Kier molecular flexibility index (Phi) is 5.25. The number of fused-ring (bicyclic) bond motifs is 2. The van der Waals surface area contributed by atoms with Crippen molar-refractivity contribution in [3.63, 3.8) is 0 Å². The fourth-order valence-corrected chi connectivity index (χ4v) is 5.44. The third-order valence-corrected chi connectivity index (χ3v) is 7.91. The predicted molar refractivity (Wildman–Crippen MR) is 122 cm³/mol.